The molecule has 6 aromatic rings. The van der Waals surface area contributed by atoms with Crippen LogP contribution in [0.1, 0.15) is 19.3 Å². The van der Waals surface area contributed by atoms with Gasteiger partial charge in [0.2, 0.25) is 5.43 Å². The van der Waals surface area contributed by atoms with E-state index in [1.165, 1.54) is 38.9 Å². The molecule has 0 aliphatic carbocycles. The summed E-state index contributed by atoms with van der Waals surface area (Å²) in [5, 5.41) is 18.8. The van der Waals surface area contributed by atoms with Gasteiger partial charge in [0, 0.05) is 24.6 Å². The molecule has 2 aromatic heterocycles. The third-order valence-corrected chi connectivity index (χ3v) is 8.85. The highest BCUT2D eigenvalue weighted by molar-refractivity contribution is 14.1. The second kappa shape index (κ2) is 19.1. The van der Waals surface area contributed by atoms with E-state index in [0.717, 1.165) is 25.9 Å². The molecule has 0 amide bonds. The lowest BCUT2D eigenvalue weighted by molar-refractivity contribution is -0.105. The zero-order valence-electron chi connectivity index (χ0n) is 29.8. The first-order chi connectivity index (χ1) is 26.2. The van der Waals surface area contributed by atoms with E-state index >= 15 is 0 Å². The van der Waals surface area contributed by atoms with Crippen molar-refractivity contribution in [3.63, 3.8) is 0 Å². The normalized spacial score (nSPS) is 13.4. The number of rotatable bonds is 9. The lowest BCUT2D eigenvalue weighted by Gasteiger charge is -2.23. The first kappa shape index (κ1) is 39.8. The third kappa shape index (κ3) is 9.77. The summed E-state index contributed by atoms with van der Waals surface area (Å²) < 4.78 is 47.9. The van der Waals surface area contributed by atoms with E-state index in [-0.39, 0.29) is 22.9 Å². The maximum absolute atomic E-state index is 12.6. The highest BCUT2D eigenvalue weighted by atomic mass is 127. The summed E-state index contributed by atoms with van der Waals surface area (Å²) >= 11 is 1.97. The molecule has 13 nitrogen and oxygen atoms in total. The van der Waals surface area contributed by atoms with Crippen LogP contribution >= 0.6 is 22.6 Å². The van der Waals surface area contributed by atoms with Crippen molar-refractivity contribution in [2.45, 2.75) is 25.6 Å². The summed E-state index contributed by atoms with van der Waals surface area (Å²) in [5.74, 6) is 3.50. The zero-order valence-corrected chi connectivity index (χ0v) is 32.0. The van der Waals surface area contributed by atoms with Gasteiger partial charge >= 0.3 is 7.69 Å². The van der Waals surface area contributed by atoms with Crippen molar-refractivity contribution >= 4 is 52.2 Å². The smallest absolute Gasteiger partial charge is 0.537 e. The van der Waals surface area contributed by atoms with Gasteiger partial charge < -0.3 is 52.0 Å². The van der Waals surface area contributed by atoms with Crippen LogP contribution in [0.4, 0.5) is 0 Å². The number of phenolic OH excluding ortho intramolecular Hbond substituents is 1. The van der Waals surface area contributed by atoms with Gasteiger partial charge in [-0.15, -0.1) is 0 Å². The predicted molar refractivity (Wildman–Crippen MR) is 210 cm³/mol. The molecule has 1 aliphatic rings. The van der Waals surface area contributed by atoms with Crippen LogP contribution in [0.15, 0.2) is 104 Å². The number of ether oxygens (including phenoxy) is 6. The van der Waals surface area contributed by atoms with Crippen molar-refractivity contribution in [2.24, 2.45) is 0 Å². The lowest BCUT2D eigenvalue weighted by Crippen LogP contribution is -2.24. The maximum atomic E-state index is 12.6. The SMILES string of the molecule is COc1ccc(-c2coc3cc(O)ccc3c2=O)cc1OC.COc1ccc(O[B]O)cc1OC.O=c1c(I)coc2cc(OC3CCCCO3)ccc12. The Kier molecular flexibility index (Phi) is 14.1. The van der Waals surface area contributed by atoms with Crippen molar-refractivity contribution in [1.82, 2.24) is 0 Å². The van der Waals surface area contributed by atoms with Gasteiger partial charge in [-0.25, -0.2) is 0 Å². The zero-order chi connectivity index (χ0) is 38.6. The molecule has 1 fully saturated rings. The van der Waals surface area contributed by atoms with Crippen LogP contribution in [0.2, 0.25) is 0 Å². The first-order valence-corrected chi connectivity index (χ1v) is 17.6. The van der Waals surface area contributed by atoms with Crippen LogP contribution in [0.25, 0.3) is 33.1 Å². The largest absolute Gasteiger partial charge is 0.569 e. The molecule has 54 heavy (non-hydrogen) atoms. The fourth-order valence-corrected chi connectivity index (χ4v) is 5.80. The van der Waals surface area contributed by atoms with Gasteiger partial charge in [-0.1, -0.05) is 6.07 Å². The minimum atomic E-state index is -0.193. The van der Waals surface area contributed by atoms with Crippen molar-refractivity contribution in [1.29, 1.82) is 0 Å². The summed E-state index contributed by atoms with van der Waals surface area (Å²) in [6.45, 7) is 0.742. The molecule has 1 aliphatic heterocycles. The average Bonchev–Trinajstić information content (AvgIpc) is 3.20. The second-order valence-electron chi connectivity index (χ2n) is 11.5. The number of phenols is 1. The Labute approximate surface area is 324 Å². The minimum absolute atomic E-state index is 0.0117. The van der Waals surface area contributed by atoms with E-state index < -0.39 is 0 Å². The number of fused-ring (bicyclic) bond motifs is 2. The molecule has 1 atom stereocenters. The Morgan fingerprint density at radius 2 is 1.33 bits per heavy atom. The molecular formula is C39H37BIO13. The summed E-state index contributed by atoms with van der Waals surface area (Å²) in [4.78, 5) is 24.5. The fraction of sp³-hybridized carbons (Fsp3) is 0.231. The van der Waals surface area contributed by atoms with Crippen LogP contribution in [-0.2, 0) is 4.74 Å². The topological polar surface area (TPSA) is 165 Å². The van der Waals surface area contributed by atoms with E-state index in [0.29, 0.717) is 78.8 Å². The molecule has 2 N–H and O–H groups in total. The highest BCUT2D eigenvalue weighted by Crippen LogP contribution is 2.33. The van der Waals surface area contributed by atoms with Gasteiger partial charge in [-0.2, -0.15) is 0 Å². The van der Waals surface area contributed by atoms with Crippen molar-refractivity contribution in [3.05, 3.63) is 109 Å². The molecule has 0 spiro atoms. The Morgan fingerprint density at radius 1 is 0.704 bits per heavy atom. The molecule has 281 valence electrons. The Hall–Kier alpha value is -5.39. The van der Waals surface area contributed by atoms with Crippen LogP contribution in [0, 0.1) is 3.57 Å². The predicted octanol–water partition coefficient (Wildman–Crippen LogP) is 7.09. The Balaban J connectivity index is 0.000000161. The van der Waals surface area contributed by atoms with Gasteiger partial charge in [0.1, 0.15) is 40.9 Å². The van der Waals surface area contributed by atoms with Gasteiger partial charge in [0.15, 0.2) is 34.7 Å². The van der Waals surface area contributed by atoms with E-state index in [1.54, 1.807) is 74.9 Å². The Bertz CT molecular complexity index is 2300. The average molecular weight is 851 g/mol. The van der Waals surface area contributed by atoms with Crippen molar-refractivity contribution in [3.8, 4) is 51.4 Å². The van der Waals surface area contributed by atoms with E-state index in [2.05, 4.69) is 0 Å². The standard InChI is InChI=1S/C17H14O5.C14H13IO4.C8H10BO4/c1-20-14-6-3-10(7-16(14)21-2)13-9-22-15-8-11(18)4-5-12(15)17(13)19;15-11-8-18-12-7-9(4-5-10(12)14(11)16)19-13-3-1-2-6-17-13;1-11-7-4-3-6(13-9-10)5-8(7)12-2/h3-9,18H,1-2H3;4-5,7-8,13H,1-3,6H2;3-5,10H,1-2H3. The van der Waals surface area contributed by atoms with Gasteiger partial charge in [-0.3, -0.25) is 9.59 Å². The third-order valence-electron chi connectivity index (χ3n) is 8.11. The van der Waals surface area contributed by atoms with Gasteiger partial charge in [-0.05, 0) is 89.5 Å². The minimum Gasteiger partial charge on any atom is -0.537 e. The number of methoxy groups -OCH3 is 4. The molecule has 3 heterocycles. The summed E-state index contributed by atoms with van der Waals surface area (Å²) in [5.41, 5.74) is 1.78. The number of hydrogen-bond donors (Lipinski definition) is 2. The van der Waals surface area contributed by atoms with Gasteiger partial charge in [0.25, 0.3) is 0 Å². The van der Waals surface area contributed by atoms with Crippen LogP contribution in [0.3, 0.4) is 0 Å². The van der Waals surface area contributed by atoms with Crippen molar-refractivity contribution < 1.29 is 52.0 Å². The lowest BCUT2D eigenvalue weighted by atomic mass is 10.0. The van der Waals surface area contributed by atoms with Crippen LogP contribution in [0.5, 0.6) is 40.2 Å². The number of aromatic hydroxyl groups is 1. The van der Waals surface area contributed by atoms with Crippen LogP contribution in [-0.4, -0.2) is 59.2 Å². The van der Waals surface area contributed by atoms with Crippen molar-refractivity contribution in [2.75, 3.05) is 35.0 Å². The molecule has 0 saturated carbocycles. The molecule has 1 saturated heterocycles. The second-order valence-corrected chi connectivity index (χ2v) is 12.6. The molecule has 1 unspecified atom stereocenters. The monoisotopic (exact) mass is 851 g/mol. The summed E-state index contributed by atoms with van der Waals surface area (Å²) in [6.07, 6.45) is 5.75. The molecule has 1 radical (unpaired) electrons. The number of benzene rings is 4. The summed E-state index contributed by atoms with van der Waals surface area (Å²) in [6, 6.07) is 19.9. The quantitative estimate of drug-likeness (QED) is 0.112. The fourth-order valence-electron chi connectivity index (χ4n) is 5.39. The van der Waals surface area contributed by atoms with E-state index in [1.807, 2.05) is 22.6 Å². The Morgan fingerprint density at radius 3 is 2.02 bits per heavy atom. The molecule has 7 rings (SSSR count). The van der Waals surface area contributed by atoms with Crippen LogP contribution < -0.4 is 39.2 Å². The van der Waals surface area contributed by atoms with E-state index in [4.69, 9.17) is 46.9 Å². The van der Waals surface area contributed by atoms with E-state index in [9.17, 15) is 14.7 Å². The highest BCUT2D eigenvalue weighted by Gasteiger charge is 2.16. The molecule has 4 aromatic carbocycles. The summed E-state index contributed by atoms with van der Waals surface area (Å²) in [7, 11) is 6.78. The maximum Gasteiger partial charge on any atom is 0.569 e. The molecule has 15 heteroatoms. The van der Waals surface area contributed by atoms with Gasteiger partial charge in [0.05, 0.1) is 55.0 Å². The first-order valence-electron chi connectivity index (χ1n) is 16.5. The molecule has 0 bridgehead atoms. The molecular weight excluding hydrogens is 814 g/mol. The number of halogens is 1. The number of hydrogen-bond acceptors (Lipinski definition) is 13.